The number of rotatable bonds is 2. The van der Waals surface area contributed by atoms with Gasteiger partial charge in [-0.1, -0.05) is 0 Å². The van der Waals surface area contributed by atoms with Crippen LogP contribution in [0.25, 0.3) is 4.85 Å². The van der Waals surface area contributed by atoms with Crippen molar-refractivity contribution in [3.8, 4) is 0 Å². The predicted molar refractivity (Wildman–Crippen MR) is 47.6 cm³/mol. The number of hydrogen-bond donors (Lipinski definition) is 0. The summed E-state index contributed by atoms with van der Waals surface area (Å²) in [6.07, 6.45) is 4.92. The van der Waals surface area contributed by atoms with Gasteiger partial charge in [0, 0.05) is 11.8 Å². The van der Waals surface area contributed by atoms with Crippen molar-refractivity contribution in [3.05, 3.63) is 11.4 Å². The Morgan fingerprint density at radius 2 is 1.73 bits per heavy atom. The van der Waals surface area contributed by atoms with E-state index in [0.29, 0.717) is 5.92 Å². The quantitative estimate of drug-likeness (QED) is 0.445. The first kappa shape index (κ1) is 8.87. The summed E-state index contributed by atoms with van der Waals surface area (Å²) in [6.45, 7) is 7.46. The maximum Gasteiger partial charge on any atom is 0.217 e. The molecule has 0 N–H and O–H groups in total. The molecule has 0 aliphatic heterocycles. The predicted octanol–water partition coefficient (Wildman–Crippen LogP) is 2.95. The molecule has 0 aromatic heterocycles. The highest BCUT2D eigenvalue weighted by atomic mass is 35.5. The fourth-order valence-electron chi connectivity index (χ4n) is 1.70. The molecule has 0 saturated heterocycles. The van der Waals surface area contributed by atoms with Crippen molar-refractivity contribution in [2.24, 2.45) is 11.8 Å². The smallest absolute Gasteiger partial charge is 0.217 e. The Morgan fingerprint density at radius 1 is 1.18 bits per heavy atom. The van der Waals surface area contributed by atoms with Gasteiger partial charge in [0.1, 0.15) is 0 Å². The summed E-state index contributed by atoms with van der Waals surface area (Å²) >= 11 is 5.74. The molecule has 1 rings (SSSR count). The molecule has 0 aromatic carbocycles. The van der Waals surface area contributed by atoms with Crippen molar-refractivity contribution in [1.29, 1.82) is 0 Å². The van der Waals surface area contributed by atoms with Gasteiger partial charge in [-0.3, -0.25) is 0 Å². The van der Waals surface area contributed by atoms with Gasteiger partial charge < -0.3 is 4.85 Å². The maximum atomic E-state index is 6.73. The molecule has 1 aliphatic rings. The van der Waals surface area contributed by atoms with Crippen LogP contribution in [0.3, 0.4) is 0 Å². The van der Waals surface area contributed by atoms with Crippen molar-refractivity contribution in [2.45, 2.75) is 25.7 Å². The Morgan fingerprint density at radius 3 is 2.18 bits per heavy atom. The van der Waals surface area contributed by atoms with Gasteiger partial charge in [0.25, 0.3) is 0 Å². The molecule has 11 heavy (non-hydrogen) atoms. The van der Waals surface area contributed by atoms with Gasteiger partial charge in [-0.15, -0.1) is 11.6 Å². The summed E-state index contributed by atoms with van der Waals surface area (Å²) in [6, 6.07) is 0. The molecule has 2 heteroatoms. The third-order valence-corrected chi connectivity index (χ3v) is 2.97. The zero-order valence-corrected chi connectivity index (χ0v) is 7.48. The molecule has 0 spiro atoms. The second-order valence-corrected chi connectivity index (χ2v) is 3.69. The average molecular weight is 172 g/mol. The van der Waals surface area contributed by atoms with Gasteiger partial charge in [0.2, 0.25) is 6.54 Å². The standard InChI is InChI=1S/C9H14ClN/c1-11-7-9-4-2-8(6-10)3-5-9/h8-9H,2-7H2. The Bertz CT molecular complexity index is 142. The molecule has 0 bridgehead atoms. The maximum absolute atomic E-state index is 6.73. The van der Waals surface area contributed by atoms with Gasteiger partial charge >= 0.3 is 0 Å². The monoisotopic (exact) mass is 171 g/mol. The van der Waals surface area contributed by atoms with Crippen molar-refractivity contribution in [1.82, 2.24) is 0 Å². The van der Waals surface area contributed by atoms with Crippen LogP contribution in [0.5, 0.6) is 0 Å². The van der Waals surface area contributed by atoms with E-state index in [1.165, 1.54) is 25.7 Å². The SMILES string of the molecule is [C-]#[N+]CC1CCC(CCl)CC1. The first-order chi connectivity index (χ1) is 5.36. The molecular weight excluding hydrogens is 158 g/mol. The van der Waals surface area contributed by atoms with E-state index in [2.05, 4.69) is 4.85 Å². The highest BCUT2D eigenvalue weighted by molar-refractivity contribution is 6.18. The summed E-state index contributed by atoms with van der Waals surface area (Å²) in [5, 5.41) is 0. The third-order valence-electron chi connectivity index (χ3n) is 2.53. The van der Waals surface area contributed by atoms with E-state index < -0.39 is 0 Å². The van der Waals surface area contributed by atoms with Gasteiger partial charge in [-0.05, 0) is 31.6 Å². The van der Waals surface area contributed by atoms with Crippen molar-refractivity contribution >= 4 is 11.6 Å². The van der Waals surface area contributed by atoms with Gasteiger partial charge in [0.15, 0.2) is 0 Å². The van der Waals surface area contributed by atoms with E-state index in [9.17, 15) is 0 Å². The lowest BCUT2D eigenvalue weighted by Gasteiger charge is -2.23. The average Bonchev–Trinajstić information content (AvgIpc) is 2.07. The van der Waals surface area contributed by atoms with Gasteiger partial charge in [0.05, 0.1) is 0 Å². The van der Waals surface area contributed by atoms with Crippen molar-refractivity contribution < 1.29 is 0 Å². The third kappa shape index (κ3) is 2.71. The molecule has 0 radical (unpaired) electrons. The van der Waals surface area contributed by atoms with Crippen LogP contribution >= 0.6 is 11.6 Å². The highest BCUT2D eigenvalue weighted by Crippen LogP contribution is 2.29. The van der Waals surface area contributed by atoms with Crippen LogP contribution in [0.4, 0.5) is 0 Å². The molecular formula is C9H14ClN. The Labute approximate surface area is 73.6 Å². The minimum absolute atomic E-state index is 0.673. The second kappa shape index (κ2) is 4.62. The molecule has 0 amide bonds. The van der Waals surface area contributed by atoms with E-state index in [4.69, 9.17) is 18.2 Å². The zero-order valence-electron chi connectivity index (χ0n) is 6.72. The second-order valence-electron chi connectivity index (χ2n) is 3.38. The van der Waals surface area contributed by atoms with E-state index in [-0.39, 0.29) is 0 Å². The lowest BCUT2D eigenvalue weighted by Crippen LogP contribution is -2.16. The van der Waals surface area contributed by atoms with E-state index >= 15 is 0 Å². The topological polar surface area (TPSA) is 4.36 Å². The fourth-order valence-corrected chi connectivity index (χ4v) is 2.01. The molecule has 0 atom stereocenters. The van der Waals surface area contributed by atoms with Gasteiger partial charge in [-0.2, -0.15) is 0 Å². The van der Waals surface area contributed by atoms with Crippen LogP contribution in [-0.2, 0) is 0 Å². The first-order valence-corrected chi connectivity index (χ1v) is 4.79. The summed E-state index contributed by atoms with van der Waals surface area (Å²) in [4.78, 5) is 3.43. The van der Waals surface area contributed by atoms with Crippen LogP contribution in [0, 0.1) is 18.4 Å². The largest absolute Gasteiger partial charge is 0.317 e. The molecule has 0 unspecified atom stereocenters. The van der Waals surface area contributed by atoms with Gasteiger partial charge in [-0.25, -0.2) is 6.57 Å². The van der Waals surface area contributed by atoms with E-state index in [1.54, 1.807) is 0 Å². The summed E-state index contributed by atoms with van der Waals surface area (Å²) in [5.74, 6) is 2.22. The lowest BCUT2D eigenvalue weighted by molar-refractivity contribution is 0.306. The lowest BCUT2D eigenvalue weighted by atomic mass is 9.83. The summed E-state index contributed by atoms with van der Waals surface area (Å²) < 4.78 is 0. The number of alkyl halides is 1. The highest BCUT2D eigenvalue weighted by Gasteiger charge is 2.21. The van der Waals surface area contributed by atoms with Crippen LogP contribution in [0.2, 0.25) is 0 Å². The number of nitrogens with zero attached hydrogens (tertiary/aromatic N) is 1. The van der Waals surface area contributed by atoms with E-state index in [1.807, 2.05) is 0 Å². The molecule has 1 fully saturated rings. The van der Waals surface area contributed by atoms with E-state index in [0.717, 1.165) is 18.3 Å². The van der Waals surface area contributed by atoms with Crippen LogP contribution < -0.4 is 0 Å². The molecule has 62 valence electrons. The van der Waals surface area contributed by atoms with Crippen LogP contribution in [0.15, 0.2) is 0 Å². The van der Waals surface area contributed by atoms with Crippen LogP contribution in [0.1, 0.15) is 25.7 Å². The van der Waals surface area contributed by atoms with Crippen LogP contribution in [-0.4, -0.2) is 12.4 Å². The Hall–Kier alpha value is -0.220. The normalized spacial score (nSPS) is 31.3. The molecule has 0 aromatic rings. The van der Waals surface area contributed by atoms with Crippen molar-refractivity contribution in [3.63, 3.8) is 0 Å². The molecule has 1 aliphatic carbocycles. The fraction of sp³-hybridized carbons (Fsp3) is 0.889. The molecule has 1 saturated carbocycles. The molecule has 1 nitrogen and oxygen atoms in total. The summed E-state index contributed by atoms with van der Waals surface area (Å²) in [7, 11) is 0. The minimum atomic E-state index is 0.673. The Kier molecular flexibility index (Phi) is 3.72. The summed E-state index contributed by atoms with van der Waals surface area (Å²) in [5.41, 5.74) is 0. The first-order valence-electron chi connectivity index (χ1n) is 4.26. The Balaban J connectivity index is 2.20. The number of hydrogen-bond acceptors (Lipinski definition) is 0. The molecule has 0 heterocycles. The minimum Gasteiger partial charge on any atom is -0.317 e. The zero-order chi connectivity index (χ0) is 8.10. The number of halogens is 1. The van der Waals surface area contributed by atoms with Crippen molar-refractivity contribution in [2.75, 3.05) is 12.4 Å².